The van der Waals surface area contributed by atoms with Crippen molar-refractivity contribution in [3.63, 3.8) is 0 Å². The molecular weight excluding hydrogens is 244 g/mol. The molecule has 0 aliphatic heterocycles. The Morgan fingerprint density at radius 1 is 1.32 bits per heavy atom. The zero-order valence-corrected chi connectivity index (χ0v) is 10.9. The average molecular weight is 262 g/mol. The highest BCUT2D eigenvalue weighted by molar-refractivity contribution is 5.90. The molecule has 0 atom stereocenters. The molecule has 1 aliphatic rings. The number of nitrogens with one attached hydrogen (secondary N) is 2. The number of rotatable bonds is 4. The number of amides is 2. The van der Waals surface area contributed by atoms with Crippen molar-refractivity contribution in [1.29, 1.82) is 0 Å². The van der Waals surface area contributed by atoms with E-state index in [0.717, 1.165) is 17.7 Å². The smallest absolute Gasteiger partial charge is 0.319 e. The second-order valence-corrected chi connectivity index (χ2v) is 5.06. The molecule has 1 aliphatic carbocycles. The number of aliphatic carboxylic acids is 1. The fourth-order valence-electron chi connectivity index (χ4n) is 2.20. The maximum atomic E-state index is 11.8. The van der Waals surface area contributed by atoms with Crippen LogP contribution in [0.25, 0.3) is 0 Å². The predicted octanol–water partition coefficient (Wildman–Crippen LogP) is 2.37. The van der Waals surface area contributed by atoms with E-state index in [9.17, 15) is 9.59 Å². The average Bonchev–Trinajstić information content (AvgIpc) is 2.30. The molecule has 0 unspecified atom stereocenters. The van der Waals surface area contributed by atoms with Crippen molar-refractivity contribution in [3.8, 4) is 0 Å². The summed E-state index contributed by atoms with van der Waals surface area (Å²) in [4.78, 5) is 22.9. The molecule has 0 heterocycles. The zero-order chi connectivity index (χ0) is 13.9. The Morgan fingerprint density at radius 2 is 2.00 bits per heavy atom. The van der Waals surface area contributed by atoms with Crippen LogP contribution in [0.1, 0.15) is 24.8 Å². The molecule has 5 nitrogen and oxygen atoms in total. The quantitative estimate of drug-likeness (QED) is 0.779. The Morgan fingerprint density at radius 3 is 2.53 bits per heavy atom. The van der Waals surface area contributed by atoms with Crippen molar-refractivity contribution in [1.82, 2.24) is 5.32 Å². The zero-order valence-electron chi connectivity index (χ0n) is 10.9. The van der Waals surface area contributed by atoms with Crippen molar-refractivity contribution in [2.75, 3.05) is 11.9 Å². The number of anilines is 1. The second kappa shape index (κ2) is 5.30. The van der Waals surface area contributed by atoms with Gasteiger partial charge in [0, 0.05) is 12.2 Å². The molecule has 0 radical (unpaired) electrons. The molecule has 2 amide bonds. The molecule has 5 heteroatoms. The molecular formula is C14H18N2O3. The van der Waals surface area contributed by atoms with Crippen molar-refractivity contribution in [3.05, 3.63) is 29.8 Å². The molecule has 19 heavy (non-hydrogen) atoms. The van der Waals surface area contributed by atoms with Gasteiger partial charge in [0.1, 0.15) is 0 Å². The largest absolute Gasteiger partial charge is 0.481 e. The van der Waals surface area contributed by atoms with Gasteiger partial charge >= 0.3 is 12.0 Å². The van der Waals surface area contributed by atoms with Crippen LogP contribution in [-0.4, -0.2) is 23.7 Å². The van der Waals surface area contributed by atoms with Crippen LogP contribution in [-0.2, 0) is 4.79 Å². The normalized spacial score (nSPS) is 16.3. The molecule has 3 N–H and O–H groups in total. The maximum Gasteiger partial charge on any atom is 0.319 e. The van der Waals surface area contributed by atoms with Crippen LogP contribution in [0, 0.1) is 12.3 Å². The standard InChI is InChI=1S/C14H18N2O3/c1-10-5-2-3-6-11(10)16-13(19)15-9-14(12(17)18)7-4-8-14/h2-3,5-6H,4,7-9H2,1H3,(H,17,18)(H2,15,16,19). The van der Waals surface area contributed by atoms with Crippen molar-refractivity contribution in [2.45, 2.75) is 26.2 Å². The lowest BCUT2D eigenvalue weighted by Crippen LogP contribution is -2.48. The molecule has 102 valence electrons. The van der Waals surface area contributed by atoms with Crippen LogP contribution in [0.5, 0.6) is 0 Å². The lowest BCUT2D eigenvalue weighted by molar-refractivity contribution is -0.153. The minimum atomic E-state index is -0.824. The first kappa shape index (κ1) is 13.4. The van der Waals surface area contributed by atoms with E-state index in [1.54, 1.807) is 0 Å². The van der Waals surface area contributed by atoms with Crippen LogP contribution in [0.3, 0.4) is 0 Å². The molecule has 0 bridgehead atoms. The van der Waals surface area contributed by atoms with Crippen LogP contribution < -0.4 is 10.6 Å². The Bertz CT molecular complexity index is 495. The van der Waals surface area contributed by atoms with E-state index in [0.29, 0.717) is 12.8 Å². The molecule has 0 spiro atoms. The first-order valence-corrected chi connectivity index (χ1v) is 6.37. The first-order chi connectivity index (χ1) is 9.03. The number of carboxylic acids is 1. The van der Waals surface area contributed by atoms with Gasteiger partial charge < -0.3 is 15.7 Å². The number of para-hydroxylation sites is 1. The summed E-state index contributed by atoms with van der Waals surface area (Å²) >= 11 is 0. The van der Waals surface area contributed by atoms with E-state index in [4.69, 9.17) is 5.11 Å². The highest BCUT2D eigenvalue weighted by Gasteiger charge is 2.44. The Kier molecular flexibility index (Phi) is 3.74. The number of aryl methyl sites for hydroxylation is 1. The monoisotopic (exact) mass is 262 g/mol. The topological polar surface area (TPSA) is 78.4 Å². The van der Waals surface area contributed by atoms with Crippen molar-refractivity contribution >= 4 is 17.7 Å². The fourth-order valence-corrected chi connectivity index (χ4v) is 2.20. The molecule has 1 fully saturated rings. The summed E-state index contributed by atoms with van der Waals surface area (Å²) < 4.78 is 0. The van der Waals surface area contributed by atoms with Gasteiger partial charge in [-0.25, -0.2) is 4.79 Å². The Labute approximate surface area is 112 Å². The van der Waals surface area contributed by atoms with Gasteiger partial charge in [-0.05, 0) is 31.4 Å². The highest BCUT2D eigenvalue weighted by Crippen LogP contribution is 2.40. The van der Waals surface area contributed by atoms with Gasteiger partial charge in [0.05, 0.1) is 5.41 Å². The molecule has 1 aromatic carbocycles. The van der Waals surface area contributed by atoms with E-state index in [1.807, 2.05) is 31.2 Å². The molecule has 1 saturated carbocycles. The van der Waals surface area contributed by atoms with Gasteiger partial charge in [0.15, 0.2) is 0 Å². The Balaban J connectivity index is 1.89. The van der Waals surface area contributed by atoms with Gasteiger partial charge in [-0.3, -0.25) is 4.79 Å². The van der Waals surface area contributed by atoms with Gasteiger partial charge in [0.25, 0.3) is 0 Å². The predicted molar refractivity (Wildman–Crippen MR) is 72.1 cm³/mol. The van der Waals surface area contributed by atoms with Crippen LogP contribution in [0.2, 0.25) is 0 Å². The van der Waals surface area contributed by atoms with Crippen LogP contribution >= 0.6 is 0 Å². The van der Waals surface area contributed by atoms with Crippen molar-refractivity contribution in [2.24, 2.45) is 5.41 Å². The lowest BCUT2D eigenvalue weighted by Gasteiger charge is -2.37. The number of hydrogen-bond donors (Lipinski definition) is 3. The lowest BCUT2D eigenvalue weighted by atomic mass is 9.69. The van der Waals surface area contributed by atoms with Gasteiger partial charge in [-0.15, -0.1) is 0 Å². The minimum Gasteiger partial charge on any atom is -0.481 e. The number of urea groups is 1. The highest BCUT2D eigenvalue weighted by atomic mass is 16.4. The summed E-state index contributed by atoms with van der Waals surface area (Å²) in [5.41, 5.74) is 0.940. The second-order valence-electron chi connectivity index (χ2n) is 5.06. The van der Waals surface area contributed by atoms with Gasteiger partial charge in [0.2, 0.25) is 0 Å². The summed E-state index contributed by atoms with van der Waals surface area (Å²) in [7, 11) is 0. The van der Waals surface area contributed by atoms with Gasteiger partial charge in [-0.2, -0.15) is 0 Å². The third kappa shape index (κ3) is 2.86. The molecule has 1 aromatic rings. The minimum absolute atomic E-state index is 0.181. The van der Waals surface area contributed by atoms with Crippen LogP contribution in [0.4, 0.5) is 10.5 Å². The van der Waals surface area contributed by atoms with Crippen molar-refractivity contribution < 1.29 is 14.7 Å². The summed E-state index contributed by atoms with van der Waals surface area (Å²) in [5.74, 6) is -0.824. The van der Waals surface area contributed by atoms with E-state index < -0.39 is 11.4 Å². The van der Waals surface area contributed by atoms with E-state index >= 15 is 0 Å². The number of carbonyl (C=O) groups excluding carboxylic acids is 1. The summed E-state index contributed by atoms with van der Waals surface area (Å²) in [5, 5.41) is 14.5. The van der Waals surface area contributed by atoms with Gasteiger partial charge in [-0.1, -0.05) is 24.6 Å². The third-order valence-electron chi connectivity index (χ3n) is 3.74. The molecule has 2 rings (SSSR count). The number of hydrogen-bond acceptors (Lipinski definition) is 2. The first-order valence-electron chi connectivity index (χ1n) is 6.37. The number of benzene rings is 1. The molecule has 0 saturated heterocycles. The molecule has 0 aromatic heterocycles. The summed E-state index contributed by atoms with van der Waals surface area (Å²) in [6, 6.07) is 7.09. The summed E-state index contributed by atoms with van der Waals surface area (Å²) in [6.07, 6.45) is 2.17. The van der Waals surface area contributed by atoms with E-state index in [1.165, 1.54) is 0 Å². The fraction of sp³-hybridized carbons (Fsp3) is 0.429. The van der Waals surface area contributed by atoms with E-state index in [-0.39, 0.29) is 12.6 Å². The third-order valence-corrected chi connectivity index (χ3v) is 3.74. The number of carboxylic acid groups (broad SMARTS) is 1. The number of carbonyl (C=O) groups is 2. The summed E-state index contributed by atoms with van der Waals surface area (Å²) in [6.45, 7) is 2.08. The Hall–Kier alpha value is -2.04. The van der Waals surface area contributed by atoms with E-state index in [2.05, 4.69) is 10.6 Å². The van der Waals surface area contributed by atoms with Crippen LogP contribution in [0.15, 0.2) is 24.3 Å². The SMILES string of the molecule is Cc1ccccc1NC(=O)NCC1(C(=O)O)CCC1. The maximum absolute atomic E-state index is 11.8.